The molecule has 1 heterocycles. The molecule has 2 atom stereocenters. The van der Waals surface area contributed by atoms with Crippen LogP contribution in [0.2, 0.25) is 0 Å². The van der Waals surface area contributed by atoms with Gasteiger partial charge in [0.1, 0.15) is 6.04 Å². The lowest BCUT2D eigenvalue weighted by atomic mass is 10.1. The Morgan fingerprint density at radius 3 is 2.87 bits per heavy atom. The molecule has 0 amide bonds. The van der Waals surface area contributed by atoms with Crippen molar-refractivity contribution < 1.29 is 14.3 Å². The average molecular weight is 213 g/mol. The highest BCUT2D eigenvalue weighted by Crippen LogP contribution is 2.23. The smallest absolute Gasteiger partial charge is 0.325 e. The third-order valence-corrected chi connectivity index (χ3v) is 2.87. The van der Waals surface area contributed by atoms with Gasteiger partial charge in [-0.15, -0.1) is 0 Å². The molecule has 1 saturated heterocycles. The number of ether oxygens (including phenoxy) is 2. The highest BCUT2D eigenvalue weighted by atomic mass is 16.5. The summed E-state index contributed by atoms with van der Waals surface area (Å²) in [5, 5.41) is 3.32. The molecular weight excluding hydrogens is 194 g/mol. The summed E-state index contributed by atoms with van der Waals surface area (Å²) in [6, 6.07) is 0.253. The maximum atomic E-state index is 11.7. The standard InChI is InChI=1S/C11H19NO3/c1-2-14-11(13)10(12-8-5-6-8)9-4-3-7-15-9/h8-10,12H,2-7H2,1H3. The van der Waals surface area contributed by atoms with Crippen molar-refractivity contribution in [1.82, 2.24) is 5.32 Å². The predicted octanol–water partition coefficient (Wildman–Crippen LogP) is 0.849. The Morgan fingerprint density at radius 1 is 1.53 bits per heavy atom. The number of rotatable bonds is 5. The van der Waals surface area contributed by atoms with Gasteiger partial charge in [-0.05, 0) is 32.6 Å². The zero-order valence-electron chi connectivity index (χ0n) is 9.20. The van der Waals surface area contributed by atoms with Gasteiger partial charge < -0.3 is 9.47 Å². The molecule has 15 heavy (non-hydrogen) atoms. The second kappa shape index (κ2) is 4.94. The molecule has 1 aliphatic carbocycles. The monoisotopic (exact) mass is 213 g/mol. The topological polar surface area (TPSA) is 47.6 Å². The Hall–Kier alpha value is -0.610. The van der Waals surface area contributed by atoms with Crippen molar-refractivity contribution in [2.75, 3.05) is 13.2 Å². The van der Waals surface area contributed by atoms with E-state index in [-0.39, 0.29) is 18.1 Å². The van der Waals surface area contributed by atoms with Crippen molar-refractivity contribution >= 4 is 5.97 Å². The molecule has 2 aliphatic rings. The van der Waals surface area contributed by atoms with Crippen LogP contribution in [0, 0.1) is 0 Å². The van der Waals surface area contributed by atoms with E-state index in [2.05, 4.69) is 5.32 Å². The van der Waals surface area contributed by atoms with Crippen LogP contribution in [0.15, 0.2) is 0 Å². The molecule has 2 rings (SSSR count). The summed E-state index contributed by atoms with van der Waals surface area (Å²) in [7, 11) is 0. The van der Waals surface area contributed by atoms with Crippen molar-refractivity contribution in [2.45, 2.75) is 50.8 Å². The lowest BCUT2D eigenvalue weighted by Gasteiger charge is -2.22. The van der Waals surface area contributed by atoms with Gasteiger partial charge in [-0.25, -0.2) is 0 Å². The number of hydrogen-bond acceptors (Lipinski definition) is 4. The van der Waals surface area contributed by atoms with E-state index in [1.165, 1.54) is 12.8 Å². The van der Waals surface area contributed by atoms with Crippen LogP contribution in [-0.4, -0.2) is 37.4 Å². The fourth-order valence-electron chi connectivity index (χ4n) is 1.93. The molecule has 1 aliphatic heterocycles. The van der Waals surface area contributed by atoms with E-state index < -0.39 is 0 Å². The van der Waals surface area contributed by atoms with Gasteiger partial charge in [0, 0.05) is 12.6 Å². The van der Waals surface area contributed by atoms with Crippen LogP contribution >= 0.6 is 0 Å². The van der Waals surface area contributed by atoms with Crippen LogP contribution in [0.4, 0.5) is 0 Å². The molecule has 0 bridgehead atoms. The molecule has 4 heteroatoms. The summed E-state index contributed by atoms with van der Waals surface area (Å²) in [5.41, 5.74) is 0. The molecule has 1 N–H and O–H groups in total. The first-order valence-electron chi connectivity index (χ1n) is 5.85. The largest absolute Gasteiger partial charge is 0.465 e. The van der Waals surface area contributed by atoms with Crippen LogP contribution in [-0.2, 0) is 14.3 Å². The summed E-state index contributed by atoms with van der Waals surface area (Å²) in [5.74, 6) is -0.156. The molecule has 0 radical (unpaired) electrons. The van der Waals surface area contributed by atoms with Crippen LogP contribution < -0.4 is 5.32 Å². The maximum Gasteiger partial charge on any atom is 0.325 e. The SMILES string of the molecule is CCOC(=O)C(NC1CC1)C1CCCO1. The summed E-state index contributed by atoms with van der Waals surface area (Å²) in [4.78, 5) is 11.7. The lowest BCUT2D eigenvalue weighted by molar-refractivity contribution is -0.149. The molecule has 1 saturated carbocycles. The molecular formula is C11H19NO3. The van der Waals surface area contributed by atoms with Crippen molar-refractivity contribution in [3.05, 3.63) is 0 Å². The number of hydrogen-bond donors (Lipinski definition) is 1. The summed E-state index contributed by atoms with van der Waals surface area (Å²) in [6.45, 7) is 3.04. The predicted molar refractivity (Wildman–Crippen MR) is 55.6 cm³/mol. The number of esters is 1. The Balaban J connectivity index is 1.90. The highest BCUT2D eigenvalue weighted by molar-refractivity contribution is 5.76. The Labute approximate surface area is 90.3 Å². The van der Waals surface area contributed by atoms with Gasteiger partial charge in [-0.2, -0.15) is 0 Å². The average Bonchev–Trinajstić information content (AvgIpc) is 2.88. The van der Waals surface area contributed by atoms with Crippen molar-refractivity contribution in [2.24, 2.45) is 0 Å². The van der Waals surface area contributed by atoms with Gasteiger partial charge in [-0.1, -0.05) is 0 Å². The first kappa shape index (κ1) is 10.9. The number of carbonyl (C=O) groups is 1. The van der Waals surface area contributed by atoms with Gasteiger partial charge >= 0.3 is 5.97 Å². The van der Waals surface area contributed by atoms with Gasteiger partial charge in [0.25, 0.3) is 0 Å². The van der Waals surface area contributed by atoms with Crippen molar-refractivity contribution in [3.8, 4) is 0 Å². The zero-order chi connectivity index (χ0) is 10.7. The molecule has 0 aromatic heterocycles. The fourth-order valence-corrected chi connectivity index (χ4v) is 1.93. The summed E-state index contributed by atoms with van der Waals surface area (Å²) in [6.07, 6.45) is 4.37. The zero-order valence-corrected chi connectivity index (χ0v) is 9.20. The Morgan fingerprint density at radius 2 is 2.33 bits per heavy atom. The van der Waals surface area contributed by atoms with Crippen LogP contribution in [0.5, 0.6) is 0 Å². The third kappa shape index (κ3) is 2.92. The van der Waals surface area contributed by atoms with Gasteiger partial charge in [0.05, 0.1) is 12.7 Å². The van der Waals surface area contributed by atoms with E-state index in [4.69, 9.17) is 9.47 Å². The Kier molecular flexibility index (Phi) is 3.59. The van der Waals surface area contributed by atoms with Crippen LogP contribution in [0.25, 0.3) is 0 Å². The summed E-state index contributed by atoms with van der Waals surface area (Å²) < 4.78 is 10.6. The molecule has 0 aromatic carbocycles. The minimum Gasteiger partial charge on any atom is -0.465 e. The van der Waals surface area contributed by atoms with Crippen molar-refractivity contribution in [3.63, 3.8) is 0 Å². The molecule has 4 nitrogen and oxygen atoms in total. The number of carbonyl (C=O) groups excluding carboxylic acids is 1. The molecule has 0 aromatic rings. The fraction of sp³-hybridized carbons (Fsp3) is 0.909. The van der Waals surface area contributed by atoms with Gasteiger partial charge in [0.15, 0.2) is 0 Å². The molecule has 2 unspecified atom stereocenters. The normalized spacial score (nSPS) is 27.7. The minimum absolute atomic E-state index is 0.0182. The van der Waals surface area contributed by atoms with Crippen molar-refractivity contribution in [1.29, 1.82) is 0 Å². The third-order valence-electron chi connectivity index (χ3n) is 2.87. The minimum atomic E-state index is -0.250. The van der Waals surface area contributed by atoms with E-state index in [0.29, 0.717) is 12.6 Å². The first-order chi connectivity index (χ1) is 7.31. The van der Waals surface area contributed by atoms with Crippen LogP contribution in [0.1, 0.15) is 32.6 Å². The second-order valence-corrected chi connectivity index (χ2v) is 4.22. The van der Waals surface area contributed by atoms with E-state index in [1.807, 2.05) is 6.92 Å². The highest BCUT2D eigenvalue weighted by Gasteiger charge is 2.36. The van der Waals surface area contributed by atoms with Gasteiger partial charge in [0.2, 0.25) is 0 Å². The number of nitrogens with one attached hydrogen (secondary N) is 1. The molecule has 2 fully saturated rings. The molecule has 0 spiro atoms. The van der Waals surface area contributed by atoms with E-state index in [9.17, 15) is 4.79 Å². The Bertz CT molecular complexity index is 222. The van der Waals surface area contributed by atoms with E-state index >= 15 is 0 Å². The van der Waals surface area contributed by atoms with Gasteiger partial charge in [-0.3, -0.25) is 10.1 Å². The lowest BCUT2D eigenvalue weighted by Crippen LogP contribution is -2.47. The molecule has 86 valence electrons. The van der Waals surface area contributed by atoms with E-state index in [1.54, 1.807) is 0 Å². The van der Waals surface area contributed by atoms with Crippen LogP contribution in [0.3, 0.4) is 0 Å². The quantitative estimate of drug-likeness (QED) is 0.688. The maximum absolute atomic E-state index is 11.7. The van der Waals surface area contributed by atoms with E-state index in [0.717, 1.165) is 19.4 Å². The summed E-state index contributed by atoms with van der Waals surface area (Å²) >= 11 is 0. The second-order valence-electron chi connectivity index (χ2n) is 4.22. The first-order valence-corrected chi connectivity index (χ1v) is 5.85.